The van der Waals surface area contributed by atoms with Gasteiger partial charge in [0.05, 0.1) is 11.6 Å². The molecule has 0 atom stereocenters. The van der Waals surface area contributed by atoms with Crippen molar-refractivity contribution in [3.63, 3.8) is 0 Å². The molecule has 0 unspecified atom stereocenters. The smallest absolute Gasteiger partial charge is 0.287 e. The fourth-order valence-electron chi connectivity index (χ4n) is 3.41. The first-order chi connectivity index (χ1) is 13.6. The van der Waals surface area contributed by atoms with E-state index in [1.807, 2.05) is 55.5 Å². The molecule has 4 nitrogen and oxygen atoms in total. The van der Waals surface area contributed by atoms with E-state index < -0.39 is 0 Å². The molecular weight excluding hydrogens is 414 g/mol. The van der Waals surface area contributed by atoms with Gasteiger partial charge in [-0.2, -0.15) is 10.2 Å². The highest BCUT2D eigenvalue weighted by atomic mass is 79.9. The Hall–Kier alpha value is -2.71. The predicted octanol–water partition coefficient (Wildman–Crippen LogP) is 5.11. The van der Waals surface area contributed by atoms with Crippen molar-refractivity contribution < 1.29 is 0 Å². The van der Waals surface area contributed by atoms with Crippen molar-refractivity contribution in [3.8, 4) is 17.2 Å². The average Bonchev–Trinajstić information content (AvgIpc) is 2.72. The molecule has 1 heterocycles. The second kappa shape index (κ2) is 8.99. The SMILES string of the molecule is CCCc1nc(=O)c(Br)c(CC)n1Cc1ccc(-c2ccccc2)c(C#N)c1. The lowest BCUT2D eigenvalue weighted by Gasteiger charge is -2.19. The molecule has 0 aliphatic carbocycles. The third kappa shape index (κ3) is 4.07. The Morgan fingerprint density at radius 1 is 1.14 bits per heavy atom. The molecule has 142 valence electrons. The number of nitriles is 1. The van der Waals surface area contributed by atoms with Crippen LogP contribution in [0, 0.1) is 11.3 Å². The first kappa shape index (κ1) is 20.0. The van der Waals surface area contributed by atoms with Crippen molar-refractivity contribution in [1.29, 1.82) is 5.26 Å². The maximum absolute atomic E-state index is 12.2. The van der Waals surface area contributed by atoms with Gasteiger partial charge in [0.1, 0.15) is 10.3 Å². The lowest BCUT2D eigenvalue weighted by Crippen LogP contribution is -2.23. The summed E-state index contributed by atoms with van der Waals surface area (Å²) in [6.45, 7) is 4.69. The predicted molar refractivity (Wildman–Crippen MR) is 115 cm³/mol. The van der Waals surface area contributed by atoms with E-state index in [4.69, 9.17) is 0 Å². The zero-order valence-corrected chi connectivity index (χ0v) is 17.7. The van der Waals surface area contributed by atoms with Gasteiger partial charge in [0.15, 0.2) is 0 Å². The van der Waals surface area contributed by atoms with E-state index in [9.17, 15) is 10.1 Å². The third-order valence-corrected chi connectivity index (χ3v) is 5.54. The number of aromatic nitrogens is 2. The fourth-order valence-corrected chi connectivity index (χ4v) is 3.99. The fraction of sp³-hybridized carbons (Fsp3) is 0.261. The van der Waals surface area contributed by atoms with Crippen molar-refractivity contribution in [2.75, 3.05) is 0 Å². The van der Waals surface area contributed by atoms with Crippen molar-refractivity contribution in [1.82, 2.24) is 9.55 Å². The molecule has 0 fully saturated rings. The van der Waals surface area contributed by atoms with Crippen LogP contribution in [0.5, 0.6) is 0 Å². The van der Waals surface area contributed by atoms with Gasteiger partial charge in [0.2, 0.25) is 0 Å². The summed E-state index contributed by atoms with van der Waals surface area (Å²) in [6.07, 6.45) is 2.37. The lowest BCUT2D eigenvalue weighted by atomic mass is 9.98. The highest BCUT2D eigenvalue weighted by Gasteiger charge is 2.15. The maximum Gasteiger partial charge on any atom is 0.287 e. The topological polar surface area (TPSA) is 58.7 Å². The van der Waals surface area contributed by atoms with Gasteiger partial charge < -0.3 is 4.57 Å². The molecule has 1 aromatic heterocycles. The van der Waals surface area contributed by atoms with Crippen LogP contribution in [0.3, 0.4) is 0 Å². The first-order valence-corrected chi connectivity index (χ1v) is 10.2. The average molecular weight is 436 g/mol. The Morgan fingerprint density at radius 3 is 2.54 bits per heavy atom. The maximum atomic E-state index is 12.2. The monoisotopic (exact) mass is 435 g/mol. The molecule has 2 aromatic carbocycles. The summed E-state index contributed by atoms with van der Waals surface area (Å²) in [6, 6.07) is 18.2. The molecule has 0 aliphatic rings. The van der Waals surface area contributed by atoms with Crippen LogP contribution in [-0.4, -0.2) is 9.55 Å². The number of benzene rings is 2. The van der Waals surface area contributed by atoms with Crippen LogP contribution in [0.25, 0.3) is 11.1 Å². The van der Waals surface area contributed by atoms with Gasteiger partial charge in [-0.1, -0.05) is 56.3 Å². The second-order valence-corrected chi connectivity index (χ2v) is 7.43. The van der Waals surface area contributed by atoms with Gasteiger partial charge in [-0.3, -0.25) is 4.79 Å². The molecule has 0 saturated heterocycles. The van der Waals surface area contributed by atoms with E-state index in [1.165, 1.54) is 0 Å². The molecule has 3 aromatic rings. The van der Waals surface area contributed by atoms with Crippen molar-refractivity contribution in [2.45, 2.75) is 39.7 Å². The summed E-state index contributed by atoms with van der Waals surface area (Å²) >= 11 is 3.41. The van der Waals surface area contributed by atoms with Crippen LogP contribution < -0.4 is 5.56 Å². The zero-order valence-electron chi connectivity index (χ0n) is 16.1. The molecule has 3 rings (SSSR count). The van der Waals surface area contributed by atoms with E-state index >= 15 is 0 Å². The summed E-state index contributed by atoms with van der Waals surface area (Å²) in [7, 11) is 0. The van der Waals surface area contributed by atoms with Crippen molar-refractivity contribution in [3.05, 3.63) is 86.0 Å². The van der Waals surface area contributed by atoms with Crippen LogP contribution >= 0.6 is 15.9 Å². The third-order valence-electron chi connectivity index (χ3n) is 4.75. The summed E-state index contributed by atoms with van der Waals surface area (Å²) in [5.41, 5.74) is 4.34. The number of hydrogen-bond donors (Lipinski definition) is 0. The lowest BCUT2D eigenvalue weighted by molar-refractivity contribution is 0.632. The minimum Gasteiger partial charge on any atom is -0.328 e. The van der Waals surface area contributed by atoms with Gasteiger partial charge >= 0.3 is 0 Å². The number of nitrogens with zero attached hydrogens (tertiary/aromatic N) is 3. The molecule has 0 N–H and O–H groups in total. The first-order valence-electron chi connectivity index (χ1n) is 9.45. The number of halogens is 1. The molecular formula is C23H22BrN3O. The molecule has 5 heteroatoms. The summed E-state index contributed by atoms with van der Waals surface area (Å²) < 4.78 is 2.63. The Bertz CT molecular complexity index is 1080. The molecule has 0 aliphatic heterocycles. The second-order valence-electron chi connectivity index (χ2n) is 6.64. The standard InChI is InChI=1S/C23H22BrN3O/c1-3-8-21-26-23(28)22(24)20(4-2)27(21)15-16-11-12-19(18(13-16)14-25)17-9-6-5-7-10-17/h5-7,9-13H,3-4,8,15H2,1-2H3. The van der Waals surface area contributed by atoms with Crippen molar-refractivity contribution >= 4 is 15.9 Å². The molecule has 0 saturated carbocycles. The van der Waals surface area contributed by atoms with E-state index in [0.717, 1.165) is 47.5 Å². The molecule has 0 bridgehead atoms. The van der Waals surface area contributed by atoms with Gasteiger partial charge in [-0.25, -0.2) is 0 Å². The van der Waals surface area contributed by atoms with E-state index in [1.54, 1.807) is 0 Å². The Labute approximate surface area is 173 Å². The zero-order chi connectivity index (χ0) is 20.1. The summed E-state index contributed by atoms with van der Waals surface area (Å²) in [5.74, 6) is 0.790. The molecule has 0 amide bonds. The van der Waals surface area contributed by atoms with Crippen LogP contribution in [0.4, 0.5) is 0 Å². The molecule has 0 radical (unpaired) electrons. The minimum absolute atomic E-state index is 0.214. The number of aryl methyl sites for hydroxylation is 1. The van der Waals surface area contributed by atoms with E-state index in [0.29, 0.717) is 16.6 Å². The van der Waals surface area contributed by atoms with E-state index in [2.05, 4.69) is 38.5 Å². The van der Waals surface area contributed by atoms with Crippen molar-refractivity contribution in [2.24, 2.45) is 0 Å². The number of rotatable bonds is 6. The summed E-state index contributed by atoms with van der Waals surface area (Å²) in [5, 5.41) is 9.67. The largest absolute Gasteiger partial charge is 0.328 e. The molecule has 0 spiro atoms. The van der Waals surface area contributed by atoms with Crippen LogP contribution in [0.2, 0.25) is 0 Å². The summed E-state index contributed by atoms with van der Waals surface area (Å²) in [4.78, 5) is 16.5. The minimum atomic E-state index is -0.214. The normalized spacial score (nSPS) is 10.6. The Balaban J connectivity index is 2.06. The van der Waals surface area contributed by atoms with Crippen LogP contribution in [0.15, 0.2) is 57.8 Å². The Kier molecular flexibility index (Phi) is 6.43. The van der Waals surface area contributed by atoms with Gasteiger partial charge in [-0.15, -0.1) is 0 Å². The van der Waals surface area contributed by atoms with Gasteiger partial charge in [0, 0.05) is 18.7 Å². The highest BCUT2D eigenvalue weighted by Crippen LogP contribution is 2.25. The van der Waals surface area contributed by atoms with Gasteiger partial charge in [-0.05, 0) is 51.5 Å². The Morgan fingerprint density at radius 2 is 1.89 bits per heavy atom. The highest BCUT2D eigenvalue weighted by molar-refractivity contribution is 9.10. The number of hydrogen-bond acceptors (Lipinski definition) is 3. The molecule has 28 heavy (non-hydrogen) atoms. The van der Waals surface area contributed by atoms with Crippen LogP contribution in [0.1, 0.15) is 42.9 Å². The quantitative estimate of drug-likeness (QED) is 0.540. The van der Waals surface area contributed by atoms with Crippen LogP contribution in [-0.2, 0) is 19.4 Å². The van der Waals surface area contributed by atoms with E-state index in [-0.39, 0.29) is 5.56 Å². The van der Waals surface area contributed by atoms with Gasteiger partial charge in [0.25, 0.3) is 5.56 Å².